The molecule has 0 spiro atoms. The molecule has 2 N–H and O–H groups in total. The number of rotatable bonds is 7. The maximum atomic E-state index is 12.0. The van der Waals surface area contributed by atoms with Crippen molar-refractivity contribution in [3.63, 3.8) is 0 Å². The molecule has 2 aromatic carbocycles. The van der Waals surface area contributed by atoms with Gasteiger partial charge in [-0.2, -0.15) is 0 Å². The summed E-state index contributed by atoms with van der Waals surface area (Å²) >= 11 is 0. The molecule has 0 aliphatic carbocycles. The minimum Gasteiger partial charge on any atom is -0.452 e. The van der Waals surface area contributed by atoms with E-state index in [1.807, 2.05) is 19.1 Å². The predicted molar refractivity (Wildman–Crippen MR) is 100 cm³/mol. The third-order valence-electron chi connectivity index (χ3n) is 3.84. The van der Waals surface area contributed by atoms with Crippen LogP contribution in [0.2, 0.25) is 0 Å². The zero-order valence-electron chi connectivity index (χ0n) is 15.3. The summed E-state index contributed by atoms with van der Waals surface area (Å²) < 4.78 is 4.97. The van der Waals surface area contributed by atoms with E-state index < -0.39 is 18.5 Å². The van der Waals surface area contributed by atoms with Crippen LogP contribution in [0.5, 0.6) is 0 Å². The molecule has 0 aliphatic rings. The molecule has 0 fully saturated rings. The van der Waals surface area contributed by atoms with Crippen molar-refractivity contribution in [3.05, 3.63) is 65.2 Å². The highest BCUT2D eigenvalue weighted by Gasteiger charge is 2.16. The highest BCUT2D eigenvalue weighted by atomic mass is 16.5. The molecule has 2 aromatic rings. The summed E-state index contributed by atoms with van der Waals surface area (Å²) in [7, 11) is 1.46. The number of benzene rings is 2. The number of aliphatic hydroxyl groups excluding tert-OH is 1. The van der Waals surface area contributed by atoms with Gasteiger partial charge in [-0.05, 0) is 36.8 Å². The van der Waals surface area contributed by atoms with Gasteiger partial charge in [-0.3, -0.25) is 9.59 Å². The Bertz CT molecular complexity index is 800. The van der Waals surface area contributed by atoms with E-state index in [4.69, 9.17) is 9.84 Å². The van der Waals surface area contributed by atoms with Crippen LogP contribution in [0.4, 0.5) is 5.69 Å². The van der Waals surface area contributed by atoms with Crippen molar-refractivity contribution in [1.29, 1.82) is 0 Å². The second-order valence-electron chi connectivity index (χ2n) is 6.10. The average Bonchev–Trinajstić information content (AvgIpc) is 2.67. The van der Waals surface area contributed by atoms with E-state index in [0.29, 0.717) is 11.3 Å². The van der Waals surface area contributed by atoms with Crippen LogP contribution in [0, 0.1) is 6.92 Å². The van der Waals surface area contributed by atoms with Gasteiger partial charge in [0.05, 0.1) is 18.7 Å². The molecule has 0 saturated carbocycles. The Morgan fingerprint density at radius 2 is 1.67 bits per heavy atom. The minimum absolute atomic E-state index is 0.122. The first-order valence-electron chi connectivity index (χ1n) is 8.36. The fourth-order valence-electron chi connectivity index (χ4n) is 2.21. The van der Waals surface area contributed by atoms with Gasteiger partial charge in [-0.25, -0.2) is 4.79 Å². The van der Waals surface area contributed by atoms with Gasteiger partial charge < -0.3 is 20.1 Å². The summed E-state index contributed by atoms with van der Waals surface area (Å²) in [6.45, 7) is 1.20. The number of anilines is 1. The molecule has 0 bridgehead atoms. The van der Waals surface area contributed by atoms with Crippen molar-refractivity contribution < 1.29 is 24.2 Å². The van der Waals surface area contributed by atoms with Crippen molar-refractivity contribution in [2.45, 2.75) is 13.5 Å². The van der Waals surface area contributed by atoms with Gasteiger partial charge in [-0.15, -0.1) is 0 Å². The number of hydrogen-bond acceptors (Lipinski definition) is 5. The van der Waals surface area contributed by atoms with Gasteiger partial charge in [0.2, 0.25) is 5.91 Å². The van der Waals surface area contributed by atoms with E-state index >= 15 is 0 Å². The summed E-state index contributed by atoms with van der Waals surface area (Å²) in [5.74, 6) is -1.49. The van der Waals surface area contributed by atoms with Gasteiger partial charge in [0.15, 0.2) is 6.61 Å². The molecule has 142 valence electrons. The van der Waals surface area contributed by atoms with Crippen LogP contribution in [0.15, 0.2) is 48.5 Å². The topological polar surface area (TPSA) is 95.9 Å². The molecule has 0 radical (unpaired) electrons. The van der Waals surface area contributed by atoms with Gasteiger partial charge >= 0.3 is 5.97 Å². The Balaban J connectivity index is 1.79. The Kier molecular flexibility index (Phi) is 7.08. The van der Waals surface area contributed by atoms with Gasteiger partial charge in [0, 0.05) is 12.7 Å². The van der Waals surface area contributed by atoms with Crippen molar-refractivity contribution >= 4 is 23.5 Å². The summed E-state index contributed by atoms with van der Waals surface area (Å²) in [6, 6.07) is 13.5. The second-order valence-corrected chi connectivity index (χ2v) is 6.10. The summed E-state index contributed by atoms with van der Waals surface area (Å²) in [5.41, 5.74) is 2.67. The zero-order chi connectivity index (χ0) is 19.8. The predicted octanol–water partition coefficient (Wildman–Crippen LogP) is 1.74. The van der Waals surface area contributed by atoms with E-state index in [2.05, 4.69) is 5.32 Å². The van der Waals surface area contributed by atoms with Gasteiger partial charge in [0.1, 0.15) is 0 Å². The number of nitrogens with one attached hydrogen (secondary N) is 1. The first kappa shape index (κ1) is 20.1. The second kappa shape index (κ2) is 9.49. The van der Waals surface area contributed by atoms with Crippen LogP contribution in [0.1, 0.15) is 21.5 Å². The fraction of sp³-hybridized carbons (Fsp3) is 0.250. The number of aryl methyl sites for hydroxylation is 1. The monoisotopic (exact) mass is 370 g/mol. The van der Waals surface area contributed by atoms with E-state index in [-0.39, 0.29) is 24.6 Å². The Labute approximate surface area is 157 Å². The lowest BCUT2D eigenvalue weighted by Crippen LogP contribution is -2.37. The highest BCUT2D eigenvalue weighted by Crippen LogP contribution is 2.09. The number of ether oxygens (including phenoxy) is 1. The summed E-state index contributed by atoms with van der Waals surface area (Å²) in [4.78, 5) is 37.2. The molecular weight excluding hydrogens is 348 g/mol. The third kappa shape index (κ3) is 6.23. The quantitative estimate of drug-likeness (QED) is 0.724. The molecule has 7 nitrogen and oxygen atoms in total. The first-order valence-corrected chi connectivity index (χ1v) is 8.36. The number of likely N-dealkylation sites (N-methyl/N-ethyl adjacent to an activating group) is 1. The van der Waals surface area contributed by atoms with Crippen molar-refractivity contribution in [2.24, 2.45) is 0 Å². The molecular formula is C20H22N2O5. The van der Waals surface area contributed by atoms with Crippen LogP contribution in [-0.4, -0.2) is 48.0 Å². The first-order chi connectivity index (χ1) is 12.9. The number of nitrogens with zero attached hydrogens (tertiary/aromatic N) is 1. The van der Waals surface area contributed by atoms with Crippen molar-refractivity contribution in [2.75, 3.05) is 25.5 Å². The molecule has 27 heavy (non-hydrogen) atoms. The lowest BCUT2D eigenvalue weighted by atomic mass is 10.1. The largest absolute Gasteiger partial charge is 0.452 e. The fourth-order valence-corrected chi connectivity index (χ4v) is 2.21. The molecule has 0 aromatic heterocycles. The lowest BCUT2D eigenvalue weighted by Gasteiger charge is -2.17. The Morgan fingerprint density at radius 3 is 2.26 bits per heavy atom. The maximum Gasteiger partial charge on any atom is 0.338 e. The molecule has 2 rings (SSSR count). The SMILES string of the molecule is Cc1ccc(NC(=O)CN(C)C(=O)COC(=O)c2ccc(CO)cc2)cc1. The van der Waals surface area contributed by atoms with Gasteiger partial charge in [0.25, 0.3) is 5.91 Å². The number of carbonyl (C=O) groups excluding carboxylic acids is 3. The minimum atomic E-state index is -0.648. The Morgan fingerprint density at radius 1 is 1.04 bits per heavy atom. The number of amides is 2. The molecule has 0 saturated heterocycles. The number of carbonyl (C=O) groups is 3. The van der Waals surface area contributed by atoms with E-state index in [1.54, 1.807) is 24.3 Å². The van der Waals surface area contributed by atoms with Gasteiger partial charge in [-0.1, -0.05) is 29.8 Å². The average molecular weight is 370 g/mol. The zero-order valence-corrected chi connectivity index (χ0v) is 15.3. The summed E-state index contributed by atoms with van der Waals surface area (Å²) in [6.07, 6.45) is 0. The molecule has 0 aliphatic heterocycles. The number of hydrogen-bond donors (Lipinski definition) is 2. The Hall–Kier alpha value is -3.19. The molecule has 0 unspecified atom stereocenters. The highest BCUT2D eigenvalue weighted by molar-refractivity contribution is 5.95. The normalized spacial score (nSPS) is 10.2. The van der Waals surface area contributed by atoms with E-state index in [0.717, 1.165) is 5.56 Å². The summed E-state index contributed by atoms with van der Waals surface area (Å²) in [5, 5.41) is 11.7. The maximum absolute atomic E-state index is 12.0. The molecule has 2 amide bonds. The van der Waals surface area contributed by atoms with E-state index in [1.165, 1.54) is 24.1 Å². The standard InChI is InChI=1S/C20H22N2O5/c1-14-3-9-17(10-4-14)21-18(24)11-22(2)19(25)13-27-20(26)16-7-5-15(12-23)6-8-16/h3-10,23H,11-13H2,1-2H3,(H,21,24). The van der Waals surface area contributed by atoms with Crippen LogP contribution in [-0.2, 0) is 20.9 Å². The smallest absolute Gasteiger partial charge is 0.338 e. The van der Waals surface area contributed by atoms with Crippen molar-refractivity contribution in [3.8, 4) is 0 Å². The lowest BCUT2D eigenvalue weighted by molar-refractivity contribution is -0.136. The van der Waals surface area contributed by atoms with Crippen molar-refractivity contribution in [1.82, 2.24) is 4.90 Å². The van der Waals surface area contributed by atoms with Crippen LogP contribution >= 0.6 is 0 Å². The molecule has 7 heteroatoms. The van der Waals surface area contributed by atoms with Crippen LogP contribution < -0.4 is 5.32 Å². The third-order valence-corrected chi connectivity index (χ3v) is 3.84. The molecule has 0 heterocycles. The van der Waals surface area contributed by atoms with Crippen LogP contribution in [0.25, 0.3) is 0 Å². The number of aliphatic hydroxyl groups is 1. The van der Waals surface area contributed by atoms with Crippen LogP contribution in [0.3, 0.4) is 0 Å². The number of esters is 1. The van der Waals surface area contributed by atoms with E-state index in [9.17, 15) is 14.4 Å². The molecule has 0 atom stereocenters.